The number of nitrogens with zero attached hydrogens (tertiary/aromatic N) is 4. The number of hydrogen-bond donors (Lipinski definition) is 1. The Morgan fingerprint density at radius 2 is 1.83 bits per heavy atom. The van der Waals surface area contributed by atoms with Crippen molar-refractivity contribution in [2.45, 2.75) is 0 Å². The summed E-state index contributed by atoms with van der Waals surface area (Å²) in [6, 6.07) is 8.23. The summed E-state index contributed by atoms with van der Waals surface area (Å²) in [5.74, 6) is -0.334. The van der Waals surface area contributed by atoms with Crippen molar-refractivity contribution in [3.05, 3.63) is 54.2 Å². The van der Waals surface area contributed by atoms with E-state index >= 15 is 0 Å². The van der Waals surface area contributed by atoms with Gasteiger partial charge < -0.3 is 9.80 Å². The molecule has 3 heterocycles. The standard InChI is InChI=1S/C17H16FN5O/c18-12-1-3-13(4-2-12)22-7-9-23(10-8-22)17(24)16-14-11-19-6-5-15(14)20-21-16/h1-6,11H,7-10H2,(H,20,21). The lowest BCUT2D eigenvalue weighted by Gasteiger charge is -2.35. The smallest absolute Gasteiger partial charge is 0.275 e. The van der Waals surface area contributed by atoms with Crippen molar-refractivity contribution in [2.75, 3.05) is 31.1 Å². The Labute approximate surface area is 137 Å². The molecule has 1 amide bonds. The van der Waals surface area contributed by atoms with E-state index in [-0.39, 0.29) is 11.7 Å². The first-order valence-electron chi connectivity index (χ1n) is 7.80. The molecule has 1 aromatic carbocycles. The molecule has 24 heavy (non-hydrogen) atoms. The van der Waals surface area contributed by atoms with Gasteiger partial charge in [-0.3, -0.25) is 14.9 Å². The maximum atomic E-state index is 13.0. The fraction of sp³-hybridized carbons (Fsp3) is 0.235. The van der Waals surface area contributed by atoms with Crippen molar-refractivity contribution >= 4 is 22.5 Å². The molecule has 1 aliphatic rings. The number of rotatable bonds is 2. The molecule has 7 heteroatoms. The van der Waals surface area contributed by atoms with Gasteiger partial charge in [0.2, 0.25) is 0 Å². The van der Waals surface area contributed by atoms with Crippen LogP contribution in [0.5, 0.6) is 0 Å². The molecule has 1 saturated heterocycles. The molecule has 0 unspecified atom stereocenters. The van der Waals surface area contributed by atoms with E-state index in [2.05, 4.69) is 20.1 Å². The maximum Gasteiger partial charge on any atom is 0.275 e. The van der Waals surface area contributed by atoms with Gasteiger partial charge in [0, 0.05) is 44.3 Å². The predicted molar refractivity (Wildman–Crippen MR) is 88.4 cm³/mol. The Kier molecular flexibility index (Phi) is 3.60. The number of amides is 1. The summed E-state index contributed by atoms with van der Waals surface area (Å²) >= 11 is 0. The zero-order valence-electron chi connectivity index (χ0n) is 12.9. The molecular formula is C17H16FN5O. The first-order chi connectivity index (χ1) is 11.7. The number of benzene rings is 1. The monoisotopic (exact) mass is 325 g/mol. The van der Waals surface area contributed by atoms with Crippen molar-refractivity contribution < 1.29 is 9.18 Å². The number of anilines is 1. The molecule has 3 aromatic rings. The molecule has 0 atom stereocenters. The lowest BCUT2D eigenvalue weighted by molar-refractivity contribution is 0.0742. The number of aromatic nitrogens is 3. The highest BCUT2D eigenvalue weighted by molar-refractivity contribution is 6.04. The van der Waals surface area contributed by atoms with Crippen LogP contribution in [-0.2, 0) is 0 Å². The number of halogens is 1. The minimum Gasteiger partial charge on any atom is -0.368 e. The lowest BCUT2D eigenvalue weighted by atomic mass is 10.2. The molecule has 0 saturated carbocycles. The van der Waals surface area contributed by atoms with Gasteiger partial charge in [-0.2, -0.15) is 5.10 Å². The van der Waals surface area contributed by atoms with Crippen molar-refractivity contribution in [1.29, 1.82) is 0 Å². The molecule has 6 nitrogen and oxygen atoms in total. The van der Waals surface area contributed by atoms with Crippen LogP contribution in [0, 0.1) is 5.82 Å². The Morgan fingerprint density at radius 3 is 2.58 bits per heavy atom. The number of piperazine rings is 1. The van der Waals surface area contributed by atoms with Crippen LogP contribution in [-0.4, -0.2) is 52.2 Å². The van der Waals surface area contributed by atoms with Gasteiger partial charge in [0.05, 0.1) is 10.9 Å². The summed E-state index contributed by atoms with van der Waals surface area (Å²) in [5.41, 5.74) is 2.18. The minimum absolute atomic E-state index is 0.0898. The van der Waals surface area contributed by atoms with Crippen molar-refractivity contribution in [2.24, 2.45) is 0 Å². The van der Waals surface area contributed by atoms with Crippen LogP contribution in [0.4, 0.5) is 10.1 Å². The summed E-state index contributed by atoms with van der Waals surface area (Å²) in [6.07, 6.45) is 3.32. The van der Waals surface area contributed by atoms with Gasteiger partial charge in [0.25, 0.3) is 5.91 Å². The van der Waals surface area contributed by atoms with Crippen LogP contribution >= 0.6 is 0 Å². The SMILES string of the molecule is O=C(c1n[nH]c2ccncc12)N1CCN(c2ccc(F)cc2)CC1. The van der Waals surface area contributed by atoms with Gasteiger partial charge in [-0.25, -0.2) is 4.39 Å². The summed E-state index contributed by atoms with van der Waals surface area (Å²) in [7, 11) is 0. The fourth-order valence-corrected chi connectivity index (χ4v) is 2.99. The zero-order valence-corrected chi connectivity index (χ0v) is 12.9. The number of aromatic amines is 1. The van der Waals surface area contributed by atoms with Gasteiger partial charge in [-0.15, -0.1) is 0 Å². The first-order valence-corrected chi connectivity index (χ1v) is 7.80. The first kappa shape index (κ1) is 14.6. The molecular weight excluding hydrogens is 309 g/mol. The number of carbonyl (C=O) groups excluding carboxylic acids is 1. The molecule has 0 bridgehead atoms. The molecule has 1 N–H and O–H groups in total. The summed E-state index contributed by atoms with van der Waals surface area (Å²) in [4.78, 5) is 20.7. The molecule has 1 aliphatic heterocycles. The van der Waals surface area contributed by atoms with E-state index in [0.29, 0.717) is 31.9 Å². The third-order valence-electron chi connectivity index (χ3n) is 4.33. The average molecular weight is 325 g/mol. The zero-order chi connectivity index (χ0) is 16.5. The van der Waals surface area contributed by atoms with Crippen molar-refractivity contribution in [3.8, 4) is 0 Å². The second kappa shape index (κ2) is 5.92. The van der Waals surface area contributed by atoms with Crippen molar-refractivity contribution in [1.82, 2.24) is 20.1 Å². The normalized spacial score (nSPS) is 15.0. The van der Waals surface area contributed by atoms with Gasteiger partial charge in [-0.1, -0.05) is 0 Å². The van der Waals surface area contributed by atoms with Crippen LogP contribution in [0.25, 0.3) is 10.9 Å². The third-order valence-corrected chi connectivity index (χ3v) is 4.33. The maximum absolute atomic E-state index is 13.0. The van der Waals surface area contributed by atoms with E-state index in [4.69, 9.17) is 0 Å². The molecule has 122 valence electrons. The van der Waals surface area contributed by atoms with E-state index < -0.39 is 0 Å². The summed E-state index contributed by atoms with van der Waals surface area (Å²) in [6.45, 7) is 2.62. The topological polar surface area (TPSA) is 65.1 Å². The van der Waals surface area contributed by atoms with Gasteiger partial charge >= 0.3 is 0 Å². The van der Waals surface area contributed by atoms with Crippen LogP contribution in [0.1, 0.15) is 10.5 Å². The van der Waals surface area contributed by atoms with Crippen molar-refractivity contribution in [3.63, 3.8) is 0 Å². The van der Waals surface area contributed by atoms with Crippen LogP contribution in [0.15, 0.2) is 42.7 Å². The van der Waals surface area contributed by atoms with Gasteiger partial charge in [0.15, 0.2) is 5.69 Å². The van der Waals surface area contributed by atoms with E-state index in [1.54, 1.807) is 35.5 Å². The second-order valence-electron chi connectivity index (χ2n) is 5.75. The summed E-state index contributed by atoms with van der Waals surface area (Å²) in [5, 5.41) is 7.75. The third kappa shape index (κ3) is 2.58. The van der Waals surface area contributed by atoms with Gasteiger partial charge in [0.1, 0.15) is 5.82 Å². The molecule has 1 fully saturated rings. The fourth-order valence-electron chi connectivity index (χ4n) is 2.99. The van der Waals surface area contributed by atoms with Gasteiger partial charge in [-0.05, 0) is 30.3 Å². The highest BCUT2D eigenvalue weighted by atomic mass is 19.1. The Bertz CT molecular complexity index is 868. The second-order valence-corrected chi connectivity index (χ2v) is 5.75. The number of fused-ring (bicyclic) bond motifs is 1. The van der Waals surface area contributed by atoms with E-state index in [0.717, 1.165) is 16.6 Å². The van der Waals surface area contributed by atoms with Crippen LogP contribution in [0.3, 0.4) is 0 Å². The molecule has 2 aromatic heterocycles. The van der Waals surface area contributed by atoms with Crippen LogP contribution in [0.2, 0.25) is 0 Å². The highest BCUT2D eigenvalue weighted by Crippen LogP contribution is 2.20. The number of nitrogens with one attached hydrogen (secondary N) is 1. The number of hydrogen-bond acceptors (Lipinski definition) is 4. The number of carbonyl (C=O) groups is 1. The van der Waals surface area contributed by atoms with E-state index in [1.807, 2.05) is 0 Å². The minimum atomic E-state index is -0.244. The predicted octanol–water partition coefficient (Wildman–Crippen LogP) is 2.06. The number of H-pyrrole nitrogens is 1. The Balaban J connectivity index is 1.47. The average Bonchev–Trinajstić information content (AvgIpc) is 3.06. The Hall–Kier alpha value is -2.96. The molecule has 0 aliphatic carbocycles. The highest BCUT2D eigenvalue weighted by Gasteiger charge is 2.25. The van der Waals surface area contributed by atoms with E-state index in [9.17, 15) is 9.18 Å². The summed E-state index contributed by atoms with van der Waals surface area (Å²) < 4.78 is 13.0. The Morgan fingerprint density at radius 1 is 1.08 bits per heavy atom. The van der Waals surface area contributed by atoms with Crippen LogP contribution < -0.4 is 4.90 Å². The number of pyridine rings is 1. The molecule has 4 rings (SSSR count). The van der Waals surface area contributed by atoms with E-state index in [1.165, 1.54) is 12.1 Å². The quantitative estimate of drug-likeness (QED) is 0.783. The molecule has 0 radical (unpaired) electrons. The lowest BCUT2D eigenvalue weighted by Crippen LogP contribution is -2.48. The molecule has 0 spiro atoms. The largest absolute Gasteiger partial charge is 0.368 e.